The van der Waals surface area contributed by atoms with E-state index in [9.17, 15) is 4.79 Å². The molecule has 0 unspecified atom stereocenters. The Hall–Kier alpha value is -1.39. The molecular weight excluding hydrogens is 202 g/mol. The van der Waals surface area contributed by atoms with Crippen molar-refractivity contribution in [2.75, 3.05) is 31.5 Å². The fourth-order valence-electron chi connectivity index (χ4n) is 1.88. The Balaban J connectivity index is 1.74. The van der Waals surface area contributed by atoms with Crippen molar-refractivity contribution in [2.45, 2.75) is 0 Å². The van der Waals surface area contributed by atoms with E-state index >= 15 is 0 Å². The lowest BCUT2D eigenvalue weighted by Crippen LogP contribution is -2.52. The molecule has 0 radical (unpaired) electrons. The lowest BCUT2D eigenvalue weighted by Gasteiger charge is -2.37. The maximum Gasteiger partial charge on any atom is 0.238 e. The van der Waals surface area contributed by atoms with Crippen LogP contribution in [0.1, 0.15) is 0 Å². The van der Waals surface area contributed by atoms with Crippen molar-refractivity contribution < 1.29 is 4.79 Å². The molecule has 4 nitrogen and oxygen atoms in total. The molecule has 2 rings (SSSR count). The number of hydrogen-bond acceptors (Lipinski definition) is 3. The van der Waals surface area contributed by atoms with Crippen molar-refractivity contribution in [3.63, 3.8) is 0 Å². The van der Waals surface area contributed by atoms with Gasteiger partial charge in [0.1, 0.15) is 0 Å². The molecule has 1 aromatic rings. The number of nitrogens with one attached hydrogen (secondary N) is 1. The minimum absolute atomic E-state index is 0.0432. The Labute approximate surface area is 95.4 Å². The van der Waals surface area contributed by atoms with Gasteiger partial charge in [-0.25, -0.2) is 0 Å². The first-order chi connectivity index (χ1) is 7.78. The Morgan fingerprint density at radius 2 is 2.06 bits per heavy atom. The Kier molecular flexibility index (Phi) is 3.54. The van der Waals surface area contributed by atoms with Crippen LogP contribution in [-0.2, 0) is 4.79 Å². The van der Waals surface area contributed by atoms with Gasteiger partial charge >= 0.3 is 0 Å². The van der Waals surface area contributed by atoms with Gasteiger partial charge in [0.15, 0.2) is 0 Å². The van der Waals surface area contributed by atoms with E-state index in [1.807, 2.05) is 30.3 Å². The standard InChI is InChI=1S/C12H17N3O/c13-6-10-7-15(8-10)9-12(16)14-11-4-2-1-3-5-11/h1-5,10H,6-9,13H2,(H,14,16). The molecule has 0 atom stereocenters. The number of para-hydroxylation sites is 1. The highest BCUT2D eigenvalue weighted by atomic mass is 16.2. The van der Waals surface area contributed by atoms with Gasteiger partial charge in [0.25, 0.3) is 0 Å². The number of anilines is 1. The molecule has 1 heterocycles. The van der Waals surface area contributed by atoms with Crippen LogP contribution in [0, 0.1) is 5.92 Å². The van der Waals surface area contributed by atoms with Crippen LogP contribution in [0.25, 0.3) is 0 Å². The van der Waals surface area contributed by atoms with E-state index in [4.69, 9.17) is 5.73 Å². The Morgan fingerprint density at radius 1 is 1.38 bits per heavy atom. The first-order valence-corrected chi connectivity index (χ1v) is 5.55. The summed E-state index contributed by atoms with van der Waals surface area (Å²) in [6.45, 7) is 3.07. The summed E-state index contributed by atoms with van der Waals surface area (Å²) in [6, 6.07) is 9.51. The van der Waals surface area contributed by atoms with E-state index in [0.29, 0.717) is 12.5 Å². The zero-order valence-corrected chi connectivity index (χ0v) is 9.23. The zero-order chi connectivity index (χ0) is 11.4. The molecule has 1 saturated heterocycles. The zero-order valence-electron chi connectivity index (χ0n) is 9.23. The molecule has 1 aromatic carbocycles. The topological polar surface area (TPSA) is 58.4 Å². The maximum atomic E-state index is 11.6. The van der Waals surface area contributed by atoms with Crippen LogP contribution in [-0.4, -0.2) is 37.0 Å². The molecule has 1 fully saturated rings. The first kappa shape index (κ1) is 11.1. The quantitative estimate of drug-likeness (QED) is 0.776. The van der Waals surface area contributed by atoms with Crippen LogP contribution in [0.5, 0.6) is 0 Å². The number of benzene rings is 1. The molecule has 0 aromatic heterocycles. The predicted molar refractivity (Wildman–Crippen MR) is 64.1 cm³/mol. The van der Waals surface area contributed by atoms with Crippen molar-refractivity contribution >= 4 is 11.6 Å². The number of nitrogens with zero attached hydrogens (tertiary/aromatic N) is 1. The van der Waals surface area contributed by atoms with Crippen molar-refractivity contribution in [3.8, 4) is 0 Å². The summed E-state index contributed by atoms with van der Waals surface area (Å²) in [5, 5.41) is 2.86. The molecular formula is C12H17N3O. The van der Waals surface area contributed by atoms with Crippen LogP contribution in [0.15, 0.2) is 30.3 Å². The fraction of sp³-hybridized carbons (Fsp3) is 0.417. The number of likely N-dealkylation sites (tertiary alicyclic amines) is 1. The molecule has 3 N–H and O–H groups in total. The van der Waals surface area contributed by atoms with Crippen LogP contribution in [0.4, 0.5) is 5.69 Å². The van der Waals surface area contributed by atoms with E-state index in [2.05, 4.69) is 10.2 Å². The van der Waals surface area contributed by atoms with Crippen molar-refractivity contribution in [2.24, 2.45) is 11.7 Å². The smallest absolute Gasteiger partial charge is 0.238 e. The fourth-order valence-corrected chi connectivity index (χ4v) is 1.88. The molecule has 0 aliphatic carbocycles. The van der Waals surface area contributed by atoms with Gasteiger partial charge < -0.3 is 11.1 Å². The maximum absolute atomic E-state index is 11.6. The van der Waals surface area contributed by atoms with Gasteiger partial charge in [-0.3, -0.25) is 9.69 Å². The molecule has 1 aliphatic rings. The van der Waals surface area contributed by atoms with Gasteiger partial charge in [-0.2, -0.15) is 0 Å². The van der Waals surface area contributed by atoms with Gasteiger partial charge in [0.05, 0.1) is 6.54 Å². The molecule has 0 saturated carbocycles. The normalized spacial score (nSPS) is 16.8. The highest BCUT2D eigenvalue weighted by Crippen LogP contribution is 2.13. The van der Waals surface area contributed by atoms with Gasteiger partial charge in [-0.1, -0.05) is 18.2 Å². The molecule has 0 bridgehead atoms. The van der Waals surface area contributed by atoms with Crippen molar-refractivity contribution in [1.29, 1.82) is 0 Å². The second-order valence-corrected chi connectivity index (χ2v) is 4.21. The lowest BCUT2D eigenvalue weighted by molar-refractivity contribution is -0.118. The van der Waals surface area contributed by atoms with Gasteiger partial charge in [0.2, 0.25) is 5.91 Å². The van der Waals surface area contributed by atoms with E-state index in [0.717, 1.165) is 25.3 Å². The van der Waals surface area contributed by atoms with Gasteiger partial charge in [-0.05, 0) is 24.6 Å². The molecule has 0 spiro atoms. The summed E-state index contributed by atoms with van der Waals surface area (Å²) >= 11 is 0. The number of carbonyl (C=O) groups is 1. The predicted octanol–water partition coefficient (Wildman–Crippen LogP) is 0.516. The highest BCUT2D eigenvalue weighted by molar-refractivity contribution is 5.92. The van der Waals surface area contributed by atoms with Crippen LogP contribution in [0.2, 0.25) is 0 Å². The van der Waals surface area contributed by atoms with E-state index < -0.39 is 0 Å². The van der Waals surface area contributed by atoms with Gasteiger partial charge in [0, 0.05) is 18.8 Å². The second kappa shape index (κ2) is 5.09. The number of hydrogen-bond donors (Lipinski definition) is 2. The largest absolute Gasteiger partial charge is 0.330 e. The average molecular weight is 219 g/mol. The monoisotopic (exact) mass is 219 g/mol. The number of nitrogens with two attached hydrogens (primary N) is 1. The van der Waals surface area contributed by atoms with Crippen molar-refractivity contribution in [3.05, 3.63) is 30.3 Å². The summed E-state index contributed by atoms with van der Waals surface area (Å²) in [6.07, 6.45) is 0. The van der Waals surface area contributed by atoms with Crippen molar-refractivity contribution in [1.82, 2.24) is 4.90 Å². The Bertz CT molecular complexity index is 347. The molecule has 4 heteroatoms. The number of rotatable bonds is 4. The first-order valence-electron chi connectivity index (χ1n) is 5.55. The number of amides is 1. The molecule has 16 heavy (non-hydrogen) atoms. The summed E-state index contributed by atoms with van der Waals surface area (Å²) in [7, 11) is 0. The lowest BCUT2D eigenvalue weighted by atomic mass is 10.0. The Morgan fingerprint density at radius 3 is 2.69 bits per heavy atom. The summed E-state index contributed by atoms with van der Waals surface area (Å²) in [5.41, 5.74) is 6.37. The number of carbonyl (C=O) groups excluding carboxylic acids is 1. The second-order valence-electron chi connectivity index (χ2n) is 4.21. The molecule has 1 amide bonds. The van der Waals surface area contributed by atoms with E-state index in [1.54, 1.807) is 0 Å². The summed E-state index contributed by atoms with van der Waals surface area (Å²) < 4.78 is 0. The minimum atomic E-state index is 0.0432. The van der Waals surface area contributed by atoms with Gasteiger partial charge in [-0.15, -0.1) is 0 Å². The third-order valence-electron chi connectivity index (χ3n) is 2.79. The summed E-state index contributed by atoms with van der Waals surface area (Å²) in [4.78, 5) is 13.7. The molecule has 86 valence electrons. The minimum Gasteiger partial charge on any atom is -0.330 e. The van der Waals surface area contributed by atoms with Crippen LogP contribution in [0.3, 0.4) is 0 Å². The average Bonchev–Trinajstić information content (AvgIpc) is 2.24. The summed E-state index contributed by atoms with van der Waals surface area (Å²) in [5.74, 6) is 0.617. The molecule has 1 aliphatic heterocycles. The third-order valence-corrected chi connectivity index (χ3v) is 2.79. The highest BCUT2D eigenvalue weighted by Gasteiger charge is 2.26. The van der Waals surface area contributed by atoms with E-state index in [-0.39, 0.29) is 5.91 Å². The van der Waals surface area contributed by atoms with Crippen LogP contribution >= 0.6 is 0 Å². The SMILES string of the molecule is NCC1CN(CC(=O)Nc2ccccc2)C1. The van der Waals surface area contributed by atoms with Crippen LogP contribution < -0.4 is 11.1 Å². The third kappa shape index (κ3) is 2.81. The van der Waals surface area contributed by atoms with E-state index in [1.165, 1.54) is 0 Å².